The summed E-state index contributed by atoms with van der Waals surface area (Å²) in [5.74, 6) is -3.04. The number of hydrogen-bond acceptors (Lipinski definition) is 8. The fourth-order valence-electron chi connectivity index (χ4n) is 5.70. The van der Waals surface area contributed by atoms with Crippen LogP contribution in [-0.2, 0) is 34.7 Å². The highest BCUT2D eigenvalue weighted by Gasteiger charge is 2.66. The number of rotatable bonds is 7. The van der Waals surface area contributed by atoms with E-state index in [0.29, 0.717) is 24.2 Å². The summed E-state index contributed by atoms with van der Waals surface area (Å²) in [6.45, 7) is 1.62. The number of Topliss-reactive ketones (excluding diaryl/α,β-unsaturated/α-hetero) is 1. The number of sulfonamides is 1. The Morgan fingerprint density at radius 3 is 2.45 bits per heavy atom. The Balaban J connectivity index is 1.69. The van der Waals surface area contributed by atoms with Crippen LogP contribution in [0.15, 0.2) is 59.0 Å². The van der Waals surface area contributed by atoms with Crippen molar-refractivity contribution in [2.24, 2.45) is 0 Å². The van der Waals surface area contributed by atoms with Crippen molar-refractivity contribution in [1.29, 1.82) is 0 Å². The molecule has 3 aliphatic heterocycles. The molecule has 2 aromatic rings. The largest absolute Gasteiger partial charge is 0.507 e. The van der Waals surface area contributed by atoms with Gasteiger partial charge in [-0.1, -0.05) is 30.3 Å². The first kappa shape index (κ1) is 28.0. The molecule has 2 amide bonds. The van der Waals surface area contributed by atoms with Crippen molar-refractivity contribution < 1.29 is 32.6 Å². The second-order valence-corrected chi connectivity index (χ2v) is 12.2. The molecule has 2 aromatic carbocycles. The lowest BCUT2D eigenvalue weighted by molar-refractivity contribution is -0.143. The number of para-hydroxylation sites is 1. The zero-order valence-electron chi connectivity index (χ0n) is 22.7. The average Bonchev–Trinajstić information content (AvgIpc) is 3.31. The first-order valence-corrected chi connectivity index (χ1v) is 14.5. The molecule has 1 unspecified atom stereocenters. The Labute approximate surface area is 233 Å². The molecule has 3 heterocycles. The number of anilines is 1. The van der Waals surface area contributed by atoms with Crippen LogP contribution < -0.4 is 4.90 Å². The summed E-state index contributed by atoms with van der Waals surface area (Å²) in [7, 11) is 1.41. The van der Waals surface area contributed by atoms with Crippen LogP contribution in [0.2, 0.25) is 0 Å². The second kappa shape index (κ2) is 10.4. The summed E-state index contributed by atoms with van der Waals surface area (Å²) < 4.78 is 33.2. The number of amides is 2. The molecular formula is C28H32N4O7S. The Kier molecular flexibility index (Phi) is 7.29. The number of fused-ring (bicyclic) bond motifs is 2. The lowest BCUT2D eigenvalue weighted by atomic mass is 9.82. The van der Waals surface area contributed by atoms with Gasteiger partial charge in [0.25, 0.3) is 17.6 Å². The third-order valence-corrected chi connectivity index (χ3v) is 9.54. The van der Waals surface area contributed by atoms with Crippen molar-refractivity contribution in [1.82, 2.24) is 14.1 Å². The minimum atomic E-state index is -3.92. The molecule has 212 valence electrons. The highest BCUT2D eigenvalue weighted by molar-refractivity contribution is 7.89. The molecular weight excluding hydrogens is 536 g/mol. The van der Waals surface area contributed by atoms with E-state index in [1.165, 1.54) is 38.4 Å². The molecule has 5 rings (SSSR count). The summed E-state index contributed by atoms with van der Waals surface area (Å²) in [6.07, 6.45) is 0.480. The number of morpholine rings is 1. The van der Waals surface area contributed by atoms with Gasteiger partial charge in [-0.15, -0.1) is 0 Å². The van der Waals surface area contributed by atoms with E-state index in [0.717, 1.165) is 0 Å². The van der Waals surface area contributed by atoms with Gasteiger partial charge in [0.05, 0.1) is 23.7 Å². The van der Waals surface area contributed by atoms with Crippen LogP contribution >= 0.6 is 0 Å². The molecule has 1 atom stereocenters. The number of ether oxygens (including phenoxy) is 1. The summed E-state index contributed by atoms with van der Waals surface area (Å²) in [6, 6.07) is 12.4. The van der Waals surface area contributed by atoms with E-state index in [1.54, 1.807) is 31.3 Å². The van der Waals surface area contributed by atoms with Crippen LogP contribution in [0.4, 0.5) is 5.69 Å². The zero-order valence-corrected chi connectivity index (χ0v) is 23.5. The Hall–Kier alpha value is -3.58. The second-order valence-electron chi connectivity index (χ2n) is 10.3. The highest BCUT2D eigenvalue weighted by Crippen LogP contribution is 2.53. The van der Waals surface area contributed by atoms with Gasteiger partial charge >= 0.3 is 0 Å². The number of carbonyl (C=O) groups is 3. The summed E-state index contributed by atoms with van der Waals surface area (Å²) >= 11 is 0. The van der Waals surface area contributed by atoms with Crippen molar-refractivity contribution in [2.45, 2.75) is 16.9 Å². The predicted octanol–water partition coefficient (Wildman–Crippen LogP) is 1.21. The number of carbonyl (C=O) groups excluding carboxylic acids is 3. The molecule has 2 fully saturated rings. The van der Waals surface area contributed by atoms with Crippen molar-refractivity contribution in [3.63, 3.8) is 0 Å². The number of aliphatic hydroxyl groups excluding tert-OH is 1. The van der Waals surface area contributed by atoms with Crippen LogP contribution in [0.3, 0.4) is 0 Å². The van der Waals surface area contributed by atoms with Gasteiger partial charge < -0.3 is 24.5 Å². The SMILES string of the molecule is CN(C)CCCN1C(=O)C(=O)C(=C(O)c2cccc(S(=O)(=O)N3CCOCC3)c2)C12C(=O)N(C)c1ccccc12. The third kappa shape index (κ3) is 4.22. The molecule has 0 bridgehead atoms. The number of ketones is 1. The molecule has 1 N–H and O–H groups in total. The summed E-state index contributed by atoms with van der Waals surface area (Å²) in [5, 5.41) is 11.7. The Morgan fingerprint density at radius 2 is 1.75 bits per heavy atom. The summed E-state index contributed by atoms with van der Waals surface area (Å²) in [5.41, 5.74) is -1.31. The Bertz CT molecular complexity index is 1510. The summed E-state index contributed by atoms with van der Waals surface area (Å²) in [4.78, 5) is 45.7. The lowest BCUT2D eigenvalue weighted by Crippen LogP contribution is -2.51. The number of hydrogen-bond donors (Lipinski definition) is 1. The van der Waals surface area contributed by atoms with E-state index in [2.05, 4.69) is 0 Å². The Morgan fingerprint density at radius 1 is 1.05 bits per heavy atom. The number of likely N-dealkylation sites (tertiary alicyclic amines) is 1. The minimum Gasteiger partial charge on any atom is -0.507 e. The molecule has 12 heteroatoms. The van der Waals surface area contributed by atoms with Gasteiger partial charge in [0.1, 0.15) is 5.76 Å². The molecule has 0 radical (unpaired) electrons. The monoisotopic (exact) mass is 568 g/mol. The lowest BCUT2D eigenvalue weighted by Gasteiger charge is -2.34. The predicted molar refractivity (Wildman–Crippen MR) is 147 cm³/mol. The molecule has 1 spiro atoms. The number of aliphatic hydroxyl groups is 1. The maximum Gasteiger partial charge on any atom is 0.296 e. The highest BCUT2D eigenvalue weighted by atomic mass is 32.2. The van der Waals surface area contributed by atoms with Gasteiger partial charge in [-0.2, -0.15) is 4.31 Å². The normalized spacial score (nSPS) is 23.1. The van der Waals surface area contributed by atoms with Crippen molar-refractivity contribution in [2.75, 3.05) is 65.4 Å². The van der Waals surface area contributed by atoms with Gasteiger partial charge in [-0.3, -0.25) is 14.4 Å². The maximum absolute atomic E-state index is 14.1. The minimum absolute atomic E-state index is 0.0137. The van der Waals surface area contributed by atoms with E-state index in [1.807, 2.05) is 19.0 Å². The van der Waals surface area contributed by atoms with Crippen LogP contribution in [0.5, 0.6) is 0 Å². The average molecular weight is 569 g/mol. The molecule has 0 aliphatic carbocycles. The number of nitrogens with zero attached hydrogens (tertiary/aromatic N) is 4. The first-order valence-electron chi connectivity index (χ1n) is 13.0. The van der Waals surface area contributed by atoms with Crippen LogP contribution in [0, 0.1) is 0 Å². The molecule has 3 aliphatic rings. The fraction of sp³-hybridized carbons (Fsp3) is 0.393. The quantitative estimate of drug-likeness (QED) is 0.300. The van der Waals surface area contributed by atoms with E-state index < -0.39 is 38.9 Å². The zero-order chi connectivity index (χ0) is 28.8. The molecule has 0 saturated carbocycles. The van der Waals surface area contributed by atoms with E-state index in [9.17, 15) is 27.9 Å². The number of likely N-dealkylation sites (N-methyl/N-ethyl adjacent to an activating group) is 1. The third-order valence-electron chi connectivity index (χ3n) is 7.64. The van der Waals surface area contributed by atoms with E-state index in [-0.39, 0.29) is 48.9 Å². The fourth-order valence-corrected chi connectivity index (χ4v) is 7.15. The smallest absolute Gasteiger partial charge is 0.296 e. The van der Waals surface area contributed by atoms with E-state index >= 15 is 0 Å². The number of benzene rings is 2. The van der Waals surface area contributed by atoms with Crippen LogP contribution in [-0.4, -0.2) is 106 Å². The molecule has 40 heavy (non-hydrogen) atoms. The van der Waals surface area contributed by atoms with Gasteiger partial charge in [-0.25, -0.2) is 8.42 Å². The van der Waals surface area contributed by atoms with Crippen molar-refractivity contribution >= 4 is 39.1 Å². The van der Waals surface area contributed by atoms with Gasteiger partial charge in [0, 0.05) is 43.5 Å². The maximum atomic E-state index is 14.1. The topological polar surface area (TPSA) is 128 Å². The van der Waals surface area contributed by atoms with Crippen molar-refractivity contribution in [3.8, 4) is 0 Å². The van der Waals surface area contributed by atoms with Gasteiger partial charge in [-0.05, 0) is 45.3 Å². The standard InChI is InChI=1S/C28H32N4O7S/c1-29(2)12-7-13-32-26(35)25(34)23(28(32)21-10-4-5-11-22(21)30(3)27(28)36)24(33)19-8-6-9-20(18-19)40(37,38)31-14-16-39-17-15-31/h4-6,8-11,18,33H,7,12-17H2,1-3H3. The van der Waals surface area contributed by atoms with E-state index in [4.69, 9.17) is 4.74 Å². The first-order chi connectivity index (χ1) is 19.0. The molecule has 11 nitrogen and oxygen atoms in total. The van der Waals surface area contributed by atoms with Crippen molar-refractivity contribution in [3.05, 3.63) is 65.2 Å². The van der Waals surface area contributed by atoms with Gasteiger partial charge in [0.2, 0.25) is 10.0 Å². The molecule has 0 aromatic heterocycles. The molecule has 2 saturated heterocycles. The van der Waals surface area contributed by atoms with Crippen LogP contribution in [0.25, 0.3) is 5.76 Å². The van der Waals surface area contributed by atoms with Crippen LogP contribution in [0.1, 0.15) is 17.5 Å². The van der Waals surface area contributed by atoms with Gasteiger partial charge in [0.15, 0.2) is 5.54 Å².